The molecule has 1 amide bonds. The molecule has 0 radical (unpaired) electrons. The van der Waals surface area contributed by atoms with Crippen molar-refractivity contribution in [1.82, 2.24) is 9.78 Å². The minimum atomic E-state index is -0.508. The van der Waals surface area contributed by atoms with E-state index in [-0.39, 0.29) is 11.6 Å². The van der Waals surface area contributed by atoms with Crippen LogP contribution >= 0.6 is 34.5 Å². The minimum absolute atomic E-state index is 0.0782. The number of hydrogen-bond donors (Lipinski definition) is 1. The van der Waals surface area contributed by atoms with Crippen molar-refractivity contribution in [2.24, 2.45) is 0 Å². The fourth-order valence-electron chi connectivity index (χ4n) is 2.07. The van der Waals surface area contributed by atoms with Gasteiger partial charge in [0.15, 0.2) is 0 Å². The van der Waals surface area contributed by atoms with Crippen molar-refractivity contribution in [1.29, 1.82) is 0 Å². The first kappa shape index (κ1) is 17.4. The minimum Gasteiger partial charge on any atom is -0.320 e. The van der Waals surface area contributed by atoms with Crippen LogP contribution in [0.25, 0.3) is 0 Å². The predicted octanol–water partition coefficient (Wildman–Crippen LogP) is 4.46. The van der Waals surface area contributed by atoms with E-state index in [0.717, 1.165) is 5.56 Å². The lowest BCUT2D eigenvalue weighted by molar-refractivity contribution is -0.385. The number of nitrogens with zero attached hydrogens (tertiary/aromatic N) is 3. The molecule has 0 aliphatic heterocycles. The van der Waals surface area contributed by atoms with Crippen LogP contribution in [0.5, 0.6) is 0 Å². The van der Waals surface area contributed by atoms with Crippen LogP contribution in [-0.2, 0) is 6.54 Å². The molecule has 1 N–H and O–H groups in total. The summed E-state index contributed by atoms with van der Waals surface area (Å²) in [5.41, 5.74) is 1.20. The monoisotopic (exact) mass is 396 g/mol. The normalized spacial score (nSPS) is 10.6. The van der Waals surface area contributed by atoms with Gasteiger partial charge in [0.2, 0.25) is 0 Å². The Hall–Kier alpha value is -2.42. The van der Waals surface area contributed by atoms with Gasteiger partial charge < -0.3 is 5.32 Å². The second kappa shape index (κ2) is 7.22. The Kier molecular flexibility index (Phi) is 5.03. The zero-order chi connectivity index (χ0) is 18.0. The van der Waals surface area contributed by atoms with Crippen molar-refractivity contribution < 1.29 is 9.72 Å². The Morgan fingerprint density at radius 3 is 2.84 bits per heavy atom. The van der Waals surface area contributed by atoms with E-state index in [1.807, 2.05) is 0 Å². The molecule has 1 aromatic carbocycles. The van der Waals surface area contributed by atoms with Gasteiger partial charge in [-0.3, -0.25) is 19.6 Å². The molecule has 0 unspecified atom stereocenters. The van der Waals surface area contributed by atoms with Crippen LogP contribution in [0.3, 0.4) is 0 Å². The van der Waals surface area contributed by atoms with Gasteiger partial charge in [-0.2, -0.15) is 5.10 Å². The van der Waals surface area contributed by atoms with E-state index in [1.54, 1.807) is 29.6 Å². The van der Waals surface area contributed by atoms with Crippen LogP contribution in [0.2, 0.25) is 10.0 Å². The molecule has 0 saturated carbocycles. The third-order valence-electron chi connectivity index (χ3n) is 3.23. The maximum Gasteiger partial charge on any atom is 0.307 e. The zero-order valence-electron chi connectivity index (χ0n) is 12.5. The number of hydrogen-bond acceptors (Lipinski definition) is 5. The molecule has 128 valence electrons. The SMILES string of the molecule is O=C(Nc1ccc(Cl)cc1Cl)c1cc(Cn2cc([N+](=O)[O-])cn2)cs1. The number of aromatic nitrogens is 2. The number of benzene rings is 1. The lowest BCUT2D eigenvalue weighted by atomic mass is 10.3. The smallest absolute Gasteiger partial charge is 0.307 e. The number of carbonyl (C=O) groups is 1. The third kappa shape index (κ3) is 4.16. The highest BCUT2D eigenvalue weighted by molar-refractivity contribution is 7.12. The van der Waals surface area contributed by atoms with Crippen LogP contribution in [0.15, 0.2) is 42.0 Å². The largest absolute Gasteiger partial charge is 0.320 e. The molecule has 2 heterocycles. The molecular weight excluding hydrogens is 387 g/mol. The molecule has 10 heteroatoms. The first-order valence-electron chi connectivity index (χ1n) is 6.93. The molecule has 0 spiro atoms. The van der Waals surface area contributed by atoms with Crippen LogP contribution in [0.1, 0.15) is 15.2 Å². The van der Waals surface area contributed by atoms with Crippen LogP contribution in [-0.4, -0.2) is 20.6 Å². The van der Waals surface area contributed by atoms with Crippen LogP contribution in [0, 0.1) is 10.1 Å². The van der Waals surface area contributed by atoms with Crippen molar-refractivity contribution in [3.63, 3.8) is 0 Å². The fourth-order valence-corrected chi connectivity index (χ4v) is 3.33. The Morgan fingerprint density at radius 1 is 1.36 bits per heavy atom. The topological polar surface area (TPSA) is 90.1 Å². The summed E-state index contributed by atoms with van der Waals surface area (Å²) in [6, 6.07) is 6.51. The highest BCUT2D eigenvalue weighted by Gasteiger charge is 2.13. The van der Waals surface area contributed by atoms with Gasteiger partial charge in [-0.05, 0) is 35.2 Å². The summed E-state index contributed by atoms with van der Waals surface area (Å²) in [6.45, 7) is 0.333. The molecule has 3 rings (SSSR count). The number of nitro groups is 1. The molecule has 2 aromatic heterocycles. The summed E-state index contributed by atoms with van der Waals surface area (Å²) >= 11 is 13.1. The fraction of sp³-hybridized carbons (Fsp3) is 0.0667. The molecule has 25 heavy (non-hydrogen) atoms. The molecule has 0 saturated heterocycles. The van der Waals surface area contributed by atoms with E-state index >= 15 is 0 Å². The highest BCUT2D eigenvalue weighted by Crippen LogP contribution is 2.26. The summed E-state index contributed by atoms with van der Waals surface area (Å²) in [5.74, 6) is -0.299. The van der Waals surface area contributed by atoms with Crippen molar-refractivity contribution in [2.45, 2.75) is 6.54 Å². The second-order valence-electron chi connectivity index (χ2n) is 5.05. The number of carbonyl (C=O) groups excluding carboxylic acids is 1. The Bertz CT molecular complexity index is 954. The van der Waals surface area contributed by atoms with E-state index in [0.29, 0.717) is 27.2 Å². The maximum absolute atomic E-state index is 12.3. The zero-order valence-corrected chi connectivity index (χ0v) is 14.8. The molecule has 3 aromatic rings. The number of thiophene rings is 1. The molecular formula is C15H10Cl2N4O3S. The average molecular weight is 397 g/mol. The van der Waals surface area contributed by atoms with Crippen molar-refractivity contribution in [3.8, 4) is 0 Å². The summed E-state index contributed by atoms with van der Waals surface area (Å²) < 4.78 is 1.44. The Morgan fingerprint density at radius 2 is 2.16 bits per heavy atom. The van der Waals surface area contributed by atoms with E-state index < -0.39 is 4.92 Å². The first-order chi connectivity index (χ1) is 11.9. The van der Waals surface area contributed by atoms with E-state index in [9.17, 15) is 14.9 Å². The molecule has 0 atom stereocenters. The van der Waals surface area contributed by atoms with E-state index in [2.05, 4.69) is 10.4 Å². The molecule has 0 fully saturated rings. The number of rotatable bonds is 5. The van der Waals surface area contributed by atoms with Gasteiger partial charge in [0.1, 0.15) is 12.4 Å². The maximum atomic E-state index is 12.3. The van der Waals surface area contributed by atoms with Gasteiger partial charge in [-0.15, -0.1) is 11.3 Å². The molecule has 7 nitrogen and oxygen atoms in total. The third-order valence-corrected chi connectivity index (χ3v) is 4.76. The van der Waals surface area contributed by atoms with Gasteiger partial charge in [0.25, 0.3) is 5.91 Å². The van der Waals surface area contributed by atoms with E-state index in [1.165, 1.54) is 28.4 Å². The summed E-state index contributed by atoms with van der Waals surface area (Å²) in [7, 11) is 0. The molecule has 0 aliphatic rings. The summed E-state index contributed by atoms with van der Waals surface area (Å²) in [5, 5.41) is 19.9. The van der Waals surface area contributed by atoms with Crippen molar-refractivity contribution >= 4 is 51.8 Å². The van der Waals surface area contributed by atoms with Crippen LogP contribution in [0.4, 0.5) is 11.4 Å². The summed E-state index contributed by atoms with van der Waals surface area (Å²) in [6.07, 6.45) is 2.52. The highest BCUT2D eigenvalue weighted by atomic mass is 35.5. The van der Waals surface area contributed by atoms with Crippen molar-refractivity contribution in [2.75, 3.05) is 5.32 Å². The van der Waals surface area contributed by atoms with Crippen LogP contribution < -0.4 is 5.32 Å². The Labute approximate surface area is 155 Å². The van der Waals surface area contributed by atoms with Gasteiger partial charge in [0, 0.05) is 5.02 Å². The molecule has 0 aliphatic carbocycles. The second-order valence-corrected chi connectivity index (χ2v) is 6.81. The number of anilines is 1. The van der Waals surface area contributed by atoms with Gasteiger partial charge in [-0.1, -0.05) is 23.2 Å². The number of nitrogens with one attached hydrogen (secondary N) is 1. The first-order valence-corrected chi connectivity index (χ1v) is 8.56. The number of halogens is 2. The molecule has 0 bridgehead atoms. The quantitative estimate of drug-likeness (QED) is 0.508. The lowest BCUT2D eigenvalue weighted by Gasteiger charge is -2.06. The van der Waals surface area contributed by atoms with Gasteiger partial charge in [-0.25, -0.2) is 0 Å². The van der Waals surface area contributed by atoms with Gasteiger partial charge >= 0.3 is 5.69 Å². The summed E-state index contributed by atoms with van der Waals surface area (Å²) in [4.78, 5) is 23.0. The Balaban J connectivity index is 1.69. The number of amides is 1. The standard InChI is InChI=1S/C15H10Cl2N4O3S/c16-10-1-2-13(12(17)4-10)19-15(22)14-3-9(8-25-14)6-20-7-11(5-18-20)21(23)24/h1-5,7-8H,6H2,(H,19,22). The predicted molar refractivity (Wildman–Crippen MR) is 96.7 cm³/mol. The van der Waals surface area contributed by atoms with E-state index in [4.69, 9.17) is 23.2 Å². The van der Waals surface area contributed by atoms with Crippen molar-refractivity contribution in [3.05, 3.63) is 72.6 Å². The average Bonchev–Trinajstić information content (AvgIpc) is 3.20. The lowest BCUT2D eigenvalue weighted by Crippen LogP contribution is -2.10. The van der Waals surface area contributed by atoms with Gasteiger partial charge in [0.05, 0.1) is 27.1 Å².